The molecule has 0 bridgehead atoms. The number of amides is 2. The summed E-state index contributed by atoms with van der Waals surface area (Å²) in [6.45, 7) is 0.404. The highest BCUT2D eigenvalue weighted by molar-refractivity contribution is 5.98. The Labute approximate surface area is 190 Å². The Bertz CT molecular complexity index is 1000. The number of rotatable bonds is 4. The third-order valence-electron chi connectivity index (χ3n) is 7.54. The highest BCUT2D eigenvalue weighted by Gasteiger charge is 2.48. The first-order valence-corrected chi connectivity index (χ1v) is 11.5. The Morgan fingerprint density at radius 2 is 1.24 bits per heavy atom. The zero-order valence-corrected chi connectivity index (χ0v) is 18.1. The van der Waals surface area contributed by atoms with Crippen LogP contribution in [0.5, 0.6) is 0 Å². The van der Waals surface area contributed by atoms with Gasteiger partial charge in [0.05, 0.1) is 24.4 Å². The average molecular weight is 454 g/mol. The first kappa shape index (κ1) is 21.6. The molecule has 2 heterocycles. The zero-order chi connectivity index (χ0) is 23.1. The molecule has 9 nitrogen and oxygen atoms in total. The molecule has 6 atom stereocenters. The minimum atomic E-state index is -0.525. The van der Waals surface area contributed by atoms with Crippen molar-refractivity contribution in [2.45, 2.75) is 38.5 Å². The standard InChI is InChI=1S/C24H26N2O7/c27-20(12-1-7-17-14(9-12)11-32-22(17)29)25-15-3-5-16(6-4-15)26-21(28)13-2-8-18-19(10-13)24(31)33-23(18)30/h3-6,12-14,17-19H,1-2,7-11H2,(H,25,27)(H,26,28). The van der Waals surface area contributed by atoms with Gasteiger partial charge in [0.15, 0.2) is 0 Å². The van der Waals surface area contributed by atoms with Crippen molar-refractivity contribution in [2.75, 3.05) is 17.2 Å². The molecule has 6 unspecified atom stereocenters. The fraction of sp³-hybridized carbons (Fsp3) is 0.542. The molecule has 1 aromatic carbocycles. The van der Waals surface area contributed by atoms with Gasteiger partial charge in [-0.05, 0) is 62.8 Å². The normalized spacial score (nSPS) is 32.9. The van der Waals surface area contributed by atoms with Crippen LogP contribution in [0.4, 0.5) is 11.4 Å². The monoisotopic (exact) mass is 454 g/mol. The van der Waals surface area contributed by atoms with Crippen LogP contribution in [-0.2, 0) is 33.4 Å². The lowest BCUT2D eigenvalue weighted by Crippen LogP contribution is -2.33. The first-order valence-electron chi connectivity index (χ1n) is 11.5. The van der Waals surface area contributed by atoms with Crippen LogP contribution in [0.15, 0.2) is 24.3 Å². The lowest BCUT2D eigenvalue weighted by atomic mass is 9.75. The molecule has 5 rings (SSSR count). The van der Waals surface area contributed by atoms with E-state index in [1.165, 1.54) is 0 Å². The van der Waals surface area contributed by atoms with E-state index in [0.29, 0.717) is 56.5 Å². The third kappa shape index (κ3) is 4.24. The molecule has 2 saturated heterocycles. The predicted molar refractivity (Wildman–Crippen MR) is 114 cm³/mol. The number of nitrogens with one attached hydrogen (secondary N) is 2. The number of carbonyl (C=O) groups is 5. The van der Waals surface area contributed by atoms with Gasteiger partial charge in [0.25, 0.3) is 0 Å². The van der Waals surface area contributed by atoms with Crippen LogP contribution in [0.25, 0.3) is 0 Å². The second kappa shape index (κ2) is 8.61. The van der Waals surface area contributed by atoms with E-state index < -0.39 is 23.8 Å². The van der Waals surface area contributed by atoms with Gasteiger partial charge in [-0.1, -0.05) is 0 Å². The number of esters is 3. The van der Waals surface area contributed by atoms with E-state index >= 15 is 0 Å². The van der Waals surface area contributed by atoms with E-state index in [2.05, 4.69) is 10.6 Å². The minimum Gasteiger partial charge on any atom is -0.465 e. The zero-order valence-electron chi connectivity index (χ0n) is 18.1. The van der Waals surface area contributed by atoms with Crippen LogP contribution in [0, 0.1) is 35.5 Å². The smallest absolute Gasteiger partial charge is 0.317 e. The van der Waals surface area contributed by atoms with E-state index in [1.807, 2.05) is 0 Å². The molecule has 2 saturated carbocycles. The number of carbonyl (C=O) groups excluding carboxylic acids is 5. The lowest BCUT2D eigenvalue weighted by molar-refractivity contribution is -0.153. The van der Waals surface area contributed by atoms with Crippen molar-refractivity contribution in [3.8, 4) is 0 Å². The Kier molecular flexibility index (Phi) is 5.64. The number of fused-ring (bicyclic) bond motifs is 2. The van der Waals surface area contributed by atoms with E-state index in [4.69, 9.17) is 9.47 Å². The molecule has 2 aliphatic carbocycles. The molecule has 33 heavy (non-hydrogen) atoms. The number of ether oxygens (including phenoxy) is 2. The number of benzene rings is 1. The molecule has 4 aliphatic rings. The van der Waals surface area contributed by atoms with E-state index in [9.17, 15) is 24.0 Å². The van der Waals surface area contributed by atoms with Gasteiger partial charge in [0.2, 0.25) is 11.8 Å². The molecule has 0 aromatic heterocycles. The van der Waals surface area contributed by atoms with Crippen molar-refractivity contribution in [3.05, 3.63) is 24.3 Å². The summed E-state index contributed by atoms with van der Waals surface area (Å²) >= 11 is 0. The van der Waals surface area contributed by atoms with Gasteiger partial charge in [-0.2, -0.15) is 0 Å². The molecule has 2 N–H and O–H groups in total. The minimum absolute atomic E-state index is 0.0631. The number of hydrogen-bond acceptors (Lipinski definition) is 7. The summed E-state index contributed by atoms with van der Waals surface area (Å²) in [4.78, 5) is 60.5. The van der Waals surface area contributed by atoms with Gasteiger partial charge in [0, 0.05) is 29.1 Å². The van der Waals surface area contributed by atoms with E-state index in [-0.39, 0.29) is 41.5 Å². The summed E-state index contributed by atoms with van der Waals surface area (Å²) in [5.41, 5.74) is 1.22. The van der Waals surface area contributed by atoms with Crippen LogP contribution in [0.2, 0.25) is 0 Å². The molecule has 1 aromatic rings. The summed E-state index contributed by atoms with van der Waals surface area (Å²) in [6, 6.07) is 6.89. The molecular weight excluding hydrogens is 428 g/mol. The summed E-state index contributed by atoms with van der Waals surface area (Å²) in [5, 5.41) is 5.78. The van der Waals surface area contributed by atoms with Crippen molar-refractivity contribution in [1.29, 1.82) is 0 Å². The van der Waals surface area contributed by atoms with Crippen LogP contribution in [0.1, 0.15) is 38.5 Å². The molecule has 2 aliphatic heterocycles. The number of hydrogen-bond donors (Lipinski definition) is 2. The van der Waals surface area contributed by atoms with Gasteiger partial charge < -0.3 is 20.1 Å². The van der Waals surface area contributed by atoms with Crippen LogP contribution in [0.3, 0.4) is 0 Å². The Balaban J connectivity index is 1.13. The highest BCUT2D eigenvalue weighted by Crippen LogP contribution is 2.40. The number of cyclic esters (lactones) is 3. The second-order valence-corrected chi connectivity index (χ2v) is 9.53. The van der Waals surface area contributed by atoms with Gasteiger partial charge in [-0.3, -0.25) is 24.0 Å². The molecule has 0 radical (unpaired) electrons. The molecule has 4 fully saturated rings. The van der Waals surface area contributed by atoms with Gasteiger partial charge in [0.1, 0.15) is 0 Å². The van der Waals surface area contributed by atoms with Crippen LogP contribution in [-0.4, -0.2) is 36.3 Å². The topological polar surface area (TPSA) is 128 Å². The summed E-state index contributed by atoms with van der Waals surface area (Å²) in [5.74, 6) is -2.78. The first-order chi connectivity index (χ1) is 15.9. The maximum atomic E-state index is 12.7. The second-order valence-electron chi connectivity index (χ2n) is 9.53. The van der Waals surface area contributed by atoms with Crippen molar-refractivity contribution in [3.63, 3.8) is 0 Å². The van der Waals surface area contributed by atoms with Crippen molar-refractivity contribution in [2.24, 2.45) is 35.5 Å². The van der Waals surface area contributed by atoms with Crippen molar-refractivity contribution < 1.29 is 33.4 Å². The summed E-state index contributed by atoms with van der Waals surface area (Å²) in [7, 11) is 0. The van der Waals surface area contributed by atoms with Crippen molar-refractivity contribution >= 4 is 41.1 Å². The predicted octanol–water partition coefficient (Wildman–Crippen LogP) is 2.27. The fourth-order valence-corrected chi connectivity index (χ4v) is 5.62. The van der Waals surface area contributed by atoms with Crippen molar-refractivity contribution in [1.82, 2.24) is 0 Å². The largest absolute Gasteiger partial charge is 0.465 e. The van der Waals surface area contributed by atoms with Gasteiger partial charge >= 0.3 is 17.9 Å². The molecule has 174 valence electrons. The van der Waals surface area contributed by atoms with Gasteiger partial charge in [-0.25, -0.2) is 0 Å². The SMILES string of the molecule is O=C(Nc1ccc(NC(=O)C2CCC3C(=O)OC(=O)C3C2)cc1)C1CCC2C(=O)OCC2C1. The summed E-state index contributed by atoms with van der Waals surface area (Å²) < 4.78 is 9.83. The molecule has 0 spiro atoms. The van der Waals surface area contributed by atoms with Crippen LogP contribution >= 0.6 is 0 Å². The van der Waals surface area contributed by atoms with Crippen LogP contribution < -0.4 is 10.6 Å². The quantitative estimate of drug-likeness (QED) is 0.528. The number of anilines is 2. The Morgan fingerprint density at radius 3 is 1.88 bits per heavy atom. The average Bonchev–Trinajstić information content (AvgIpc) is 3.33. The fourth-order valence-electron chi connectivity index (χ4n) is 5.62. The Morgan fingerprint density at radius 1 is 0.697 bits per heavy atom. The van der Waals surface area contributed by atoms with E-state index in [0.717, 1.165) is 0 Å². The van der Waals surface area contributed by atoms with E-state index in [1.54, 1.807) is 24.3 Å². The summed E-state index contributed by atoms with van der Waals surface area (Å²) in [6.07, 6.45) is 3.32. The Hall–Kier alpha value is -3.23. The maximum absolute atomic E-state index is 12.7. The third-order valence-corrected chi connectivity index (χ3v) is 7.54. The highest BCUT2D eigenvalue weighted by atomic mass is 16.6. The molecule has 9 heteroatoms. The van der Waals surface area contributed by atoms with Gasteiger partial charge in [-0.15, -0.1) is 0 Å². The molecular formula is C24H26N2O7. The lowest BCUT2D eigenvalue weighted by Gasteiger charge is -2.28. The maximum Gasteiger partial charge on any atom is 0.317 e. The molecule has 2 amide bonds.